The van der Waals surface area contributed by atoms with E-state index in [9.17, 15) is 27.5 Å². The lowest BCUT2D eigenvalue weighted by Crippen LogP contribution is -2.50. The number of sulfonamides is 1. The standard InChI is InChI=1S/C30H35FN4O6S/c1-19-5-12-25(13-6-19)42(39,40)33-24-11-14-27-26(15-24)29(37)35(21(3)18-36)16-20(2)28(41-27)17-34(4)30(38)32-23-9-7-22(31)8-10-23/h5-15,20-21,28,33,36H,16-18H2,1-4H3,(H,32,38)/t20-,21+,28-/m1/s1. The number of likely N-dealkylation sites (N-methyl/N-ethyl adjacent to an activating group) is 1. The number of aliphatic hydroxyl groups excluding tert-OH is 1. The third-order valence-electron chi connectivity index (χ3n) is 7.14. The molecule has 0 aromatic heterocycles. The van der Waals surface area contributed by atoms with Gasteiger partial charge in [-0.05, 0) is 68.4 Å². The molecule has 0 bridgehead atoms. The molecule has 0 radical (unpaired) electrons. The van der Waals surface area contributed by atoms with E-state index in [2.05, 4.69) is 10.0 Å². The number of hydrogen-bond acceptors (Lipinski definition) is 6. The number of nitrogens with zero attached hydrogens (tertiary/aromatic N) is 2. The fourth-order valence-electron chi connectivity index (χ4n) is 4.54. The van der Waals surface area contributed by atoms with Crippen molar-refractivity contribution in [2.45, 2.75) is 37.8 Å². The first-order valence-corrected chi connectivity index (χ1v) is 15.0. The van der Waals surface area contributed by atoms with E-state index in [4.69, 9.17) is 4.74 Å². The largest absolute Gasteiger partial charge is 0.487 e. The lowest BCUT2D eigenvalue weighted by atomic mass is 9.99. The molecule has 3 amide bonds. The summed E-state index contributed by atoms with van der Waals surface area (Å²) in [5.41, 5.74) is 1.64. The van der Waals surface area contributed by atoms with Crippen LogP contribution >= 0.6 is 0 Å². The molecule has 0 saturated carbocycles. The van der Waals surface area contributed by atoms with Gasteiger partial charge in [0.25, 0.3) is 15.9 Å². The molecule has 1 aliphatic rings. The second kappa shape index (κ2) is 12.8. The first-order chi connectivity index (χ1) is 19.9. The molecular formula is C30H35FN4O6S. The molecule has 1 heterocycles. The average Bonchev–Trinajstić information content (AvgIpc) is 2.96. The zero-order valence-corrected chi connectivity index (χ0v) is 24.7. The van der Waals surface area contributed by atoms with Crippen molar-refractivity contribution in [3.8, 4) is 5.75 Å². The minimum Gasteiger partial charge on any atom is -0.487 e. The van der Waals surface area contributed by atoms with Gasteiger partial charge < -0.3 is 25.0 Å². The van der Waals surface area contributed by atoms with Crippen molar-refractivity contribution in [3.63, 3.8) is 0 Å². The highest BCUT2D eigenvalue weighted by Gasteiger charge is 2.34. The number of rotatable bonds is 8. The van der Waals surface area contributed by atoms with Crippen LogP contribution < -0.4 is 14.8 Å². The highest BCUT2D eigenvalue weighted by molar-refractivity contribution is 7.92. The molecular weight excluding hydrogens is 563 g/mol. The van der Waals surface area contributed by atoms with Gasteiger partial charge >= 0.3 is 6.03 Å². The van der Waals surface area contributed by atoms with E-state index in [1.165, 1.54) is 64.4 Å². The van der Waals surface area contributed by atoms with Gasteiger partial charge in [0.05, 0.1) is 29.7 Å². The average molecular weight is 599 g/mol. The molecule has 0 aliphatic carbocycles. The summed E-state index contributed by atoms with van der Waals surface area (Å²) in [6.45, 7) is 5.54. The van der Waals surface area contributed by atoms with Crippen molar-refractivity contribution in [3.05, 3.63) is 83.7 Å². The van der Waals surface area contributed by atoms with E-state index in [1.54, 1.807) is 26.1 Å². The monoisotopic (exact) mass is 598 g/mol. The predicted octanol–water partition coefficient (Wildman–Crippen LogP) is 4.32. The Labute approximate surface area is 245 Å². The van der Waals surface area contributed by atoms with Gasteiger partial charge in [-0.1, -0.05) is 24.6 Å². The molecule has 3 aromatic carbocycles. The van der Waals surface area contributed by atoms with E-state index in [1.807, 2.05) is 13.8 Å². The Hall–Kier alpha value is -4.16. The first-order valence-electron chi connectivity index (χ1n) is 13.5. The zero-order valence-electron chi connectivity index (χ0n) is 23.9. The van der Waals surface area contributed by atoms with Crippen LogP contribution in [0.25, 0.3) is 0 Å². The molecule has 3 aromatic rings. The van der Waals surface area contributed by atoms with Crippen LogP contribution in [0.15, 0.2) is 71.6 Å². The highest BCUT2D eigenvalue weighted by atomic mass is 32.2. The maximum atomic E-state index is 13.7. The molecule has 0 spiro atoms. The third-order valence-corrected chi connectivity index (χ3v) is 8.54. The van der Waals surface area contributed by atoms with E-state index >= 15 is 0 Å². The molecule has 224 valence electrons. The summed E-state index contributed by atoms with van der Waals surface area (Å²) in [4.78, 5) is 29.6. The zero-order chi connectivity index (χ0) is 30.6. The Balaban J connectivity index is 1.61. The minimum absolute atomic E-state index is 0.0776. The van der Waals surface area contributed by atoms with Crippen molar-refractivity contribution < 1.29 is 32.2 Å². The third kappa shape index (κ3) is 7.18. The van der Waals surface area contributed by atoms with Gasteiger partial charge in [0, 0.05) is 30.9 Å². The normalized spacial score (nSPS) is 17.8. The number of ether oxygens (including phenoxy) is 1. The van der Waals surface area contributed by atoms with Crippen LogP contribution in [0.1, 0.15) is 29.8 Å². The van der Waals surface area contributed by atoms with Crippen LogP contribution in [0.3, 0.4) is 0 Å². The number of nitrogens with one attached hydrogen (secondary N) is 2. The van der Waals surface area contributed by atoms with Crippen molar-refractivity contribution in [2.75, 3.05) is 36.8 Å². The Kier molecular flexibility index (Phi) is 9.37. The second-order valence-electron chi connectivity index (χ2n) is 10.6. The molecule has 0 saturated heterocycles. The first kappa shape index (κ1) is 30.8. The Morgan fingerprint density at radius 1 is 1.12 bits per heavy atom. The molecule has 0 unspecified atom stereocenters. The van der Waals surface area contributed by atoms with Crippen LogP contribution in [-0.4, -0.2) is 74.2 Å². The number of fused-ring (bicyclic) bond motifs is 1. The van der Waals surface area contributed by atoms with E-state index in [0.29, 0.717) is 5.69 Å². The maximum absolute atomic E-state index is 13.7. The summed E-state index contributed by atoms with van der Waals surface area (Å²) in [5, 5.41) is 12.6. The summed E-state index contributed by atoms with van der Waals surface area (Å²) < 4.78 is 48.1. The number of amides is 3. The smallest absolute Gasteiger partial charge is 0.321 e. The minimum atomic E-state index is -3.93. The molecule has 1 aliphatic heterocycles. The van der Waals surface area contributed by atoms with Gasteiger partial charge in [-0.15, -0.1) is 0 Å². The van der Waals surface area contributed by atoms with Crippen LogP contribution in [0.4, 0.5) is 20.6 Å². The Morgan fingerprint density at radius 2 is 1.76 bits per heavy atom. The molecule has 0 fully saturated rings. The molecule has 3 N–H and O–H groups in total. The van der Waals surface area contributed by atoms with E-state index in [0.717, 1.165) is 5.56 Å². The predicted molar refractivity (Wildman–Crippen MR) is 158 cm³/mol. The summed E-state index contributed by atoms with van der Waals surface area (Å²) in [6.07, 6.45) is -0.565. The lowest BCUT2D eigenvalue weighted by Gasteiger charge is -2.38. The quantitative estimate of drug-likeness (QED) is 0.354. The van der Waals surface area contributed by atoms with Gasteiger partial charge in [0.15, 0.2) is 0 Å². The Bertz CT molecular complexity index is 1530. The lowest BCUT2D eigenvalue weighted by molar-refractivity contribution is 0.0371. The number of carbonyl (C=O) groups excluding carboxylic acids is 2. The number of hydrogen-bond donors (Lipinski definition) is 3. The molecule has 4 rings (SSSR count). The van der Waals surface area contributed by atoms with E-state index < -0.39 is 39.9 Å². The topological polar surface area (TPSA) is 128 Å². The van der Waals surface area contributed by atoms with Crippen LogP contribution in [-0.2, 0) is 10.0 Å². The number of aliphatic hydroxyl groups is 1. The van der Waals surface area contributed by atoms with Crippen molar-refractivity contribution in [2.24, 2.45) is 5.92 Å². The summed E-state index contributed by atoms with van der Waals surface area (Å²) in [6, 6.07) is 15.3. The number of benzene rings is 3. The maximum Gasteiger partial charge on any atom is 0.321 e. The molecule has 12 heteroatoms. The van der Waals surface area contributed by atoms with Gasteiger partial charge in [-0.25, -0.2) is 17.6 Å². The number of urea groups is 1. The SMILES string of the molecule is Cc1ccc(S(=O)(=O)Nc2ccc3c(c2)C(=O)N([C@@H](C)CO)C[C@@H](C)[C@@H](CN(C)C(=O)Nc2ccc(F)cc2)O3)cc1. The highest BCUT2D eigenvalue weighted by Crippen LogP contribution is 2.31. The van der Waals surface area contributed by atoms with E-state index in [-0.39, 0.29) is 47.5 Å². The summed E-state index contributed by atoms with van der Waals surface area (Å²) >= 11 is 0. The fraction of sp³-hybridized carbons (Fsp3) is 0.333. The number of aryl methyl sites for hydroxylation is 1. The second-order valence-corrected chi connectivity index (χ2v) is 12.3. The van der Waals surface area contributed by atoms with Crippen molar-refractivity contribution >= 4 is 33.3 Å². The van der Waals surface area contributed by atoms with Crippen LogP contribution in [0.2, 0.25) is 0 Å². The van der Waals surface area contributed by atoms with Gasteiger partial charge in [0.2, 0.25) is 0 Å². The summed E-state index contributed by atoms with van der Waals surface area (Å²) in [7, 11) is -2.33. The Morgan fingerprint density at radius 3 is 2.40 bits per heavy atom. The van der Waals surface area contributed by atoms with Crippen LogP contribution in [0, 0.1) is 18.7 Å². The molecule has 3 atom stereocenters. The van der Waals surface area contributed by atoms with Gasteiger partial charge in [0.1, 0.15) is 17.7 Å². The van der Waals surface area contributed by atoms with Gasteiger partial charge in [-0.3, -0.25) is 9.52 Å². The van der Waals surface area contributed by atoms with Crippen LogP contribution in [0.5, 0.6) is 5.75 Å². The number of halogens is 1. The van der Waals surface area contributed by atoms with Crippen molar-refractivity contribution in [1.29, 1.82) is 0 Å². The van der Waals surface area contributed by atoms with Gasteiger partial charge in [-0.2, -0.15) is 0 Å². The van der Waals surface area contributed by atoms with Crippen molar-refractivity contribution in [1.82, 2.24) is 9.80 Å². The number of anilines is 2. The molecule has 42 heavy (non-hydrogen) atoms. The fourth-order valence-corrected chi connectivity index (χ4v) is 5.59. The number of carbonyl (C=O) groups is 2. The summed E-state index contributed by atoms with van der Waals surface area (Å²) in [5.74, 6) is -0.871. The molecule has 10 nitrogen and oxygen atoms in total.